The van der Waals surface area contributed by atoms with E-state index in [1.807, 2.05) is 0 Å². The van der Waals surface area contributed by atoms with Crippen molar-refractivity contribution in [2.24, 2.45) is 11.8 Å². The number of hydrogen-bond donors (Lipinski definition) is 0. The topological polar surface area (TPSA) is 6.48 Å². The van der Waals surface area contributed by atoms with E-state index in [1.54, 1.807) is 0 Å². The molecule has 2 aliphatic rings. The highest BCUT2D eigenvalue weighted by Gasteiger charge is 2.32. The van der Waals surface area contributed by atoms with Crippen LogP contribution in [0.2, 0.25) is 0 Å². The van der Waals surface area contributed by atoms with Crippen LogP contribution in [-0.2, 0) is 0 Å². The van der Waals surface area contributed by atoms with Crippen molar-refractivity contribution in [1.29, 1.82) is 0 Å². The molecule has 2 atom stereocenters. The molecule has 2 rings (SSSR count). The van der Waals surface area contributed by atoms with Crippen LogP contribution in [0.15, 0.2) is 0 Å². The predicted molar refractivity (Wildman–Crippen MR) is 55.8 cm³/mol. The second-order valence-corrected chi connectivity index (χ2v) is 4.75. The second-order valence-electron chi connectivity index (χ2n) is 4.75. The van der Waals surface area contributed by atoms with Crippen LogP contribution < -0.4 is 0 Å². The van der Waals surface area contributed by atoms with Gasteiger partial charge in [-0.05, 0) is 51.4 Å². The van der Waals surface area contributed by atoms with Gasteiger partial charge in [-0.1, -0.05) is 6.92 Å². The molecule has 0 aromatic rings. The van der Waals surface area contributed by atoms with Gasteiger partial charge >= 0.3 is 0 Å². The summed E-state index contributed by atoms with van der Waals surface area (Å²) >= 11 is 0. The smallest absolute Gasteiger partial charge is 0.00244 e. The van der Waals surface area contributed by atoms with E-state index in [9.17, 15) is 0 Å². The van der Waals surface area contributed by atoms with E-state index < -0.39 is 0 Å². The maximum atomic E-state index is 2.61. The molecule has 2 unspecified atom stereocenters. The zero-order chi connectivity index (χ0) is 9.26. The number of nitrogens with zero attached hydrogens (tertiary/aromatic N) is 2. The number of fused-ring (bicyclic) bond motifs is 1. The maximum Gasteiger partial charge on any atom is 0.00244 e. The first-order valence-corrected chi connectivity index (χ1v) is 5.70. The molecule has 2 aliphatic heterocycles. The van der Waals surface area contributed by atoms with Gasteiger partial charge in [0.1, 0.15) is 0 Å². The summed E-state index contributed by atoms with van der Waals surface area (Å²) in [6.45, 7) is 8.89. The fraction of sp³-hybridized carbons (Fsp3) is 1.00. The molecule has 0 aromatic heterocycles. The minimum Gasteiger partial charge on any atom is -0.306 e. The van der Waals surface area contributed by atoms with Gasteiger partial charge in [0.15, 0.2) is 0 Å². The molecule has 2 heteroatoms. The molecule has 2 fully saturated rings. The fourth-order valence-corrected chi connectivity index (χ4v) is 2.91. The van der Waals surface area contributed by atoms with E-state index in [-0.39, 0.29) is 0 Å². The van der Waals surface area contributed by atoms with E-state index in [4.69, 9.17) is 0 Å². The molecule has 2 nitrogen and oxygen atoms in total. The SMILES string of the molecule is CCN1CCC2CCN(C)CC2C1. The zero-order valence-corrected chi connectivity index (χ0v) is 9.00. The van der Waals surface area contributed by atoms with Gasteiger partial charge in [0.25, 0.3) is 0 Å². The Morgan fingerprint density at radius 1 is 1.08 bits per heavy atom. The van der Waals surface area contributed by atoms with Crippen molar-refractivity contribution < 1.29 is 0 Å². The molecule has 0 bridgehead atoms. The summed E-state index contributed by atoms with van der Waals surface area (Å²) in [5, 5.41) is 0. The Labute approximate surface area is 81.9 Å². The van der Waals surface area contributed by atoms with Crippen molar-refractivity contribution in [2.45, 2.75) is 19.8 Å². The van der Waals surface area contributed by atoms with Crippen molar-refractivity contribution >= 4 is 0 Å². The zero-order valence-electron chi connectivity index (χ0n) is 9.00. The normalized spacial score (nSPS) is 37.4. The molecular formula is C11H22N2. The van der Waals surface area contributed by atoms with Crippen molar-refractivity contribution in [3.8, 4) is 0 Å². The van der Waals surface area contributed by atoms with Crippen LogP contribution in [0.3, 0.4) is 0 Å². The summed E-state index contributed by atoms with van der Waals surface area (Å²) in [5.74, 6) is 2.01. The Morgan fingerprint density at radius 2 is 1.85 bits per heavy atom. The lowest BCUT2D eigenvalue weighted by atomic mass is 9.80. The lowest BCUT2D eigenvalue weighted by Gasteiger charge is -2.43. The van der Waals surface area contributed by atoms with Crippen LogP contribution in [0, 0.1) is 11.8 Å². The lowest BCUT2D eigenvalue weighted by Crippen LogP contribution is -2.48. The molecule has 2 heterocycles. The Morgan fingerprint density at radius 3 is 2.62 bits per heavy atom. The minimum absolute atomic E-state index is 0.965. The molecule has 2 saturated heterocycles. The third kappa shape index (κ3) is 2.05. The van der Waals surface area contributed by atoms with Gasteiger partial charge in [-0.2, -0.15) is 0 Å². The van der Waals surface area contributed by atoms with Gasteiger partial charge in [0.05, 0.1) is 0 Å². The highest BCUT2D eigenvalue weighted by molar-refractivity contribution is 4.85. The largest absolute Gasteiger partial charge is 0.306 e. The molecule has 0 aliphatic carbocycles. The Bertz CT molecular complexity index is 169. The molecule has 13 heavy (non-hydrogen) atoms. The Kier molecular flexibility index (Phi) is 2.89. The van der Waals surface area contributed by atoms with Crippen LogP contribution in [0.1, 0.15) is 19.8 Å². The average Bonchev–Trinajstić information content (AvgIpc) is 2.16. The highest BCUT2D eigenvalue weighted by Crippen LogP contribution is 2.30. The molecule has 76 valence electrons. The van der Waals surface area contributed by atoms with Gasteiger partial charge in [-0.3, -0.25) is 0 Å². The number of likely N-dealkylation sites (tertiary alicyclic amines) is 2. The van der Waals surface area contributed by atoms with E-state index >= 15 is 0 Å². The molecule has 0 N–H and O–H groups in total. The number of piperidine rings is 2. The summed E-state index contributed by atoms with van der Waals surface area (Å²) < 4.78 is 0. The third-order valence-electron chi connectivity index (χ3n) is 3.85. The van der Waals surface area contributed by atoms with Crippen molar-refractivity contribution in [1.82, 2.24) is 9.80 Å². The fourth-order valence-electron chi connectivity index (χ4n) is 2.91. The summed E-state index contributed by atoms with van der Waals surface area (Å²) in [5.41, 5.74) is 0. The lowest BCUT2D eigenvalue weighted by molar-refractivity contribution is 0.0551. The monoisotopic (exact) mass is 182 g/mol. The average molecular weight is 182 g/mol. The van der Waals surface area contributed by atoms with E-state index in [1.165, 1.54) is 45.6 Å². The first-order chi connectivity index (χ1) is 6.29. The summed E-state index contributed by atoms with van der Waals surface area (Å²) in [7, 11) is 2.26. The van der Waals surface area contributed by atoms with Crippen LogP contribution in [-0.4, -0.2) is 49.6 Å². The molecule has 0 amide bonds. The van der Waals surface area contributed by atoms with Gasteiger partial charge in [-0.25, -0.2) is 0 Å². The second kappa shape index (κ2) is 3.97. The van der Waals surface area contributed by atoms with Gasteiger partial charge < -0.3 is 9.80 Å². The van der Waals surface area contributed by atoms with Crippen LogP contribution >= 0.6 is 0 Å². The van der Waals surface area contributed by atoms with Gasteiger partial charge in [0.2, 0.25) is 0 Å². The number of hydrogen-bond acceptors (Lipinski definition) is 2. The van der Waals surface area contributed by atoms with Gasteiger partial charge in [-0.15, -0.1) is 0 Å². The standard InChI is InChI=1S/C11H22N2/c1-3-13-7-5-10-4-6-12(2)8-11(10)9-13/h10-11H,3-9H2,1-2H3. The minimum atomic E-state index is 0.965. The molecule has 0 saturated carbocycles. The summed E-state index contributed by atoms with van der Waals surface area (Å²) in [6.07, 6.45) is 2.89. The first-order valence-electron chi connectivity index (χ1n) is 5.70. The molecule has 0 radical (unpaired) electrons. The Balaban J connectivity index is 1.91. The van der Waals surface area contributed by atoms with E-state index in [0.717, 1.165) is 11.8 Å². The van der Waals surface area contributed by atoms with Crippen molar-refractivity contribution in [2.75, 3.05) is 39.8 Å². The predicted octanol–water partition coefficient (Wildman–Crippen LogP) is 1.28. The van der Waals surface area contributed by atoms with Crippen LogP contribution in [0.4, 0.5) is 0 Å². The molecule has 0 spiro atoms. The first kappa shape index (κ1) is 9.47. The van der Waals surface area contributed by atoms with Crippen LogP contribution in [0.5, 0.6) is 0 Å². The summed E-state index contributed by atoms with van der Waals surface area (Å²) in [6, 6.07) is 0. The van der Waals surface area contributed by atoms with Crippen molar-refractivity contribution in [3.63, 3.8) is 0 Å². The van der Waals surface area contributed by atoms with Gasteiger partial charge in [0, 0.05) is 13.1 Å². The third-order valence-corrected chi connectivity index (χ3v) is 3.85. The quantitative estimate of drug-likeness (QED) is 0.603. The highest BCUT2D eigenvalue weighted by atomic mass is 15.2. The van der Waals surface area contributed by atoms with E-state index in [2.05, 4.69) is 23.8 Å². The summed E-state index contributed by atoms with van der Waals surface area (Å²) in [4.78, 5) is 5.11. The molecular weight excluding hydrogens is 160 g/mol. The van der Waals surface area contributed by atoms with E-state index in [0.29, 0.717) is 0 Å². The number of rotatable bonds is 1. The van der Waals surface area contributed by atoms with Crippen LogP contribution in [0.25, 0.3) is 0 Å². The maximum absolute atomic E-state index is 2.61. The van der Waals surface area contributed by atoms with Crippen molar-refractivity contribution in [3.05, 3.63) is 0 Å². The molecule has 0 aromatic carbocycles. The Hall–Kier alpha value is -0.0800.